The average Bonchev–Trinajstić information content (AvgIpc) is 2.83. The van der Waals surface area contributed by atoms with Gasteiger partial charge in [0.2, 0.25) is 0 Å². The molecule has 2 fully saturated rings. The summed E-state index contributed by atoms with van der Waals surface area (Å²) in [5, 5.41) is 3.26. The molecule has 2 rings (SSSR count). The Kier molecular flexibility index (Phi) is 3.56. The van der Waals surface area contributed by atoms with Gasteiger partial charge in [0, 0.05) is 6.54 Å². The fraction of sp³-hybridized carbons (Fsp3) is 0.889. The van der Waals surface area contributed by atoms with Crippen LogP contribution in [0, 0.1) is 17.8 Å². The second-order valence-corrected chi connectivity index (χ2v) is 3.79. The molecule has 0 spiro atoms. The molecule has 0 aromatic heterocycles. The zero-order valence-corrected chi connectivity index (χ0v) is 8.60. The van der Waals surface area contributed by atoms with Gasteiger partial charge in [-0.05, 0) is 31.2 Å². The number of halogens is 1. The Morgan fingerprint density at radius 3 is 2.62 bits per heavy atom. The van der Waals surface area contributed by atoms with Gasteiger partial charge >= 0.3 is 5.97 Å². The Bertz CT molecular complexity index is 194. The Morgan fingerprint density at radius 1 is 1.38 bits per heavy atom. The van der Waals surface area contributed by atoms with Gasteiger partial charge in [0.15, 0.2) is 0 Å². The van der Waals surface area contributed by atoms with Gasteiger partial charge in [-0.25, -0.2) is 0 Å². The van der Waals surface area contributed by atoms with Crippen molar-refractivity contribution in [3.05, 3.63) is 0 Å². The summed E-state index contributed by atoms with van der Waals surface area (Å²) in [6.07, 6.45) is 2.61. The first-order valence-corrected chi connectivity index (χ1v) is 4.61. The Hall–Kier alpha value is -0.280. The van der Waals surface area contributed by atoms with Crippen LogP contribution in [0.25, 0.3) is 0 Å². The molecular formula is C9H16ClNO2. The molecule has 3 nitrogen and oxygen atoms in total. The zero-order chi connectivity index (χ0) is 8.55. The summed E-state index contributed by atoms with van der Waals surface area (Å²) in [6, 6.07) is 0. The summed E-state index contributed by atoms with van der Waals surface area (Å²) in [5.41, 5.74) is 0. The summed E-state index contributed by atoms with van der Waals surface area (Å²) in [5.74, 6) is 1.45. The molecule has 0 radical (unpaired) electrons. The van der Waals surface area contributed by atoms with Crippen molar-refractivity contribution < 1.29 is 9.53 Å². The summed E-state index contributed by atoms with van der Waals surface area (Å²) >= 11 is 0. The summed E-state index contributed by atoms with van der Waals surface area (Å²) in [4.78, 5) is 11.3. The number of hydrogen-bond acceptors (Lipinski definition) is 3. The summed E-state index contributed by atoms with van der Waals surface area (Å²) < 4.78 is 4.76. The molecule has 4 heteroatoms. The van der Waals surface area contributed by atoms with E-state index < -0.39 is 0 Å². The van der Waals surface area contributed by atoms with E-state index in [2.05, 4.69) is 5.32 Å². The summed E-state index contributed by atoms with van der Waals surface area (Å²) in [6.45, 7) is 1.82. The molecule has 0 aromatic rings. The van der Waals surface area contributed by atoms with Gasteiger partial charge in [-0.15, -0.1) is 12.4 Å². The van der Waals surface area contributed by atoms with Gasteiger partial charge in [-0.1, -0.05) is 0 Å². The number of nitrogens with one attached hydrogen (secondary N) is 1. The maximum absolute atomic E-state index is 11.3. The Balaban J connectivity index is 0.000000845. The van der Waals surface area contributed by atoms with E-state index in [1.165, 1.54) is 20.0 Å². The molecule has 1 saturated heterocycles. The van der Waals surface area contributed by atoms with Gasteiger partial charge in [-0.2, -0.15) is 0 Å². The third-order valence-electron chi connectivity index (χ3n) is 2.99. The van der Waals surface area contributed by atoms with Crippen molar-refractivity contribution in [2.45, 2.75) is 12.8 Å². The Morgan fingerprint density at radius 2 is 2.08 bits per heavy atom. The fourth-order valence-electron chi connectivity index (χ4n) is 2.13. The molecule has 13 heavy (non-hydrogen) atoms. The first kappa shape index (κ1) is 10.8. The maximum atomic E-state index is 11.3. The van der Waals surface area contributed by atoms with Crippen molar-refractivity contribution in [1.29, 1.82) is 0 Å². The second kappa shape index (κ2) is 4.29. The highest BCUT2D eigenvalue weighted by Crippen LogP contribution is 2.42. The van der Waals surface area contributed by atoms with Crippen LogP contribution in [0.1, 0.15) is 12.8 Å². The van der Waals surface area contributed by atoms with Crippen molar-refractivity contribution in [2.24, 2.45) is 17.8 Å². The minimum absolute atomic E-state index is 0. The lowest BCUT2D eigenvalue weighted by molar-refractivity contribution is -0.146. The first-order chi connectivity index (χ1) is 5.83. The van der Waals surface area contributed by atoms with Crippen LogP contribution < -0.4 is 5.32 Å². The lowest BCUT2D eigenvalue weighted by atomic mass is 9.92. The quantitative estimate of drug-likeness (QED) is 0.679. The van der Waals surface area contributed by atoms with Gasteiger partial charge in [0.25, 0.3) is 0 Å². The second-order valence-electron chi connectivity index (χ2n) is 3.79. The molecule has 2 atom stereocenters. The Labute approximate surface area is 84.6 Å². The largest absolute Gasteiger partial charge is 0.469 e. The molecule has 1 saturated carbocycles. The van der Waals surface area contributed by atoms with Crippen LogP contribution in [0.5, 0.6) is 0 Å². The van der Waals surface area contributed by atoms with Crippen LogP contribution in [-0.4, -0.2) is 26.2 Å². The molecule has 2 unspecified atom stereocenters. The number of carbonyl (C=O) groups is 1. The highest BCUT2D eigenvalue weighted by molar-refractivity contribution is 5.85. The number of hydrogen-bond donors (Lipinski definition) is 1. The molecule has 1 heterocycles. The minimum Gasteiger partial charge on any atom is -0.469 e. The van der Waals surface area contributed by atoms with E-state index in [9.17, 15) is 4.79 Å². The number of rotatable bonds is 2. The molecule has 1 aliphatic heterocycles. The van der Waals surface area contributed by atoms with E-state index in [-0.39, 0.29) is 24.3 Å². The van der Waals surface area contributed by atoms with Crippen LogP contribution in [0.15, 0.2) is 0 Å². The van der Waals surface area contributed by atoms with Crippen molar-refractivity contribution in [2.75, 3.05) is 20.2 Å². The highest BCUT2D eigenvalue weighted by Gasteiger charge is 2.42. The molecule has 76 valence electrons. The minimum atomic E-state index is -0.0306. The van der Waals surface area contributed by atoms with Crippen LogP contribution in [0.2, 0.25) is 0 Å². The molecule has 1 N–H and O–H groups in total. The molecule has 2 aliphatic rings. The smallest absolute Gasteiger partial charge is 0.310 e. The van der Waals surface area contributed by atoms with Crippen molar-refractivity contribution in [1.82, 2.24) is 5.32 Å². The predicted octanol–water partition coefficient (Wildman–Crippen LogP) is 0.827. The lowest BCUT2D eigenvalue weighted by Gasteiger charge is -2.14. The van der Waals surface area contributed by atoms with Crippen molar-refractivity contribution >= 4 is 18.4 Å². The monoisotopic (exact) mass is 205 g/mol. The SMILES string of the molecule is COC(=O)C1CNCC1C1CC1.Cl. The lowest BCUT2D eigenvalue weighted by Crippen LogP contribution is -2.25. The topological polar surface area (TPSA) is 38.3 Å². The highest BCUT2D eigenvalue weighted by atomic mass is 35.5. The van der Waals surface area contributed by atoms with Gasteiger partial charge in [-0.3, -0.25) is 4.79 Å². The van der Waals surface area contributed by atoms with Gasteiger partial charge in [0.1, 0.15) is 0 Å². The van der Waals surface area contributed by atoms with Crippen LogP contribution >= 0.6 is 12.4 Å². The van der Waals surface area contributed by atoms with Crippen molar-refractivity contribution in [3.8, 4) is 0 Å². The van der Waals surface area contributed by atoms with Crippen molar-refractivity contribution in [3.63, 3.8) is 0 Å². The van der Waals surface area contributed by atoms with E-state index in [4.69, 9.17) is 4.74 Å². The van der Waals surface area contributed by atoms with E-state index in [1.807, 2.05) is 0 Å². The standard InChI is InChI=1S/C9H15NO2.ClH/c1-12-9(11)8-5-10-4-7(8)6-2-3-6;/h6-8,10H,2-5H2,1H3;1H. The third-order valence-corrected chi connectivity index (χ3v) is 2.99. The third kappa shape index (κ3) is 2.15. The predicted molar refractivity (Wildman–Crippen MR) is 51.8 cm³/mol. The molecule has 1 aliphatic carbocycles. The number of methoxy groups -OCH3 is 1. The number of ether oxygens (including phenoxy) is 1. The normalized spacial score (nSPS) is 32.4. The van der Waals surface area contributed by atoms with Gasteiger partial charge < -0.3 is 10.1 Å². The van der Waals surface area contributed by atoms with E-state index in [1.54, 1.807) is 0 Å². The fourth-order valence-corrected chi connectivity index (χ4v) is 2.13. The average molecular weight is 206 g/mol. The van der Waals surface area contributed by atoms with E-state index >= 15 is 0 Å². The molecular weight excluding hydrogens is 190 g/mol. The first-order valence-electron chi connectivity index (χ1n) is 4.61. The van der Waals surface area contributed by atoms with E-state index in [0.29, 0.717) is 5.92 Å². The molecule has 0 amide bonds. The number of esters is 1. The number of carbonyl (C=O) groups excluding carboxylic acids is 1. The maximum Gasteiger partial charge on any atom is 0.310 e. The van der Waals surface area contributed by atoms with Crippen LogP contribution in [0.3, 0.4) is 0 Å². The molecule has 0 aromatic carbocycles. The van der Waals surface area contributed by atoms with Crippen LogP contribution in [-0.2, 0) is 9.53 Å². The van der Waals surface area contributed by atoms with E-state index in [0.717, 1.165) is 19.0 Å². The molecule has 0 bridgehead atoms. The van der Waals surface area contributed by atoms with Crippen LogP contribution in [0.4, 0.5) is 0 Å². The zero-order valence-electron chi connectivity index (χ0n) is 7.79. The summed E-state index contributed by atoms with van der Waals surface area (Å²) in [7, 11) is 1.48. The van der Waals surface area contributed by atoms with Gasteiger partial charge in [0.05, 0.1) is 13.0 Å².